The maximum atomic E-state index is 12.5. The van der Waals surface area contributed by atoms with Crippen molar-refractivity contribution in [2.75, 3.05) is 118 Å². The number of imide groups is 3. The molecule has 11 amide bonds. The zero-order valence-electron chi connectivity index (χ0n) is 61.6. The summed E-state index contributed by atoms with van der Waals surface area (Å²) in [6.45, 7) is 21.2. The largest absolute Gasteiger partial charge is 0.444 e. The molecule has 9 atom stereocenters. The Balaban J connectivity index is 0.000000173. The molecule has 0 bridgehead atoms. The summed E-state index contributed by atoms with van der Waals surface area (Å²) in [4.78, 5) is 141. The van der Waals surface area contributed by atoms with Crippen LogP contribution in [-0.2, 0) is 66.7 Å². The molecule has 32 heteroatoms. The molecule has 3 aromatic carbocycles. The molecule has 108 heavy (non-hydrogen) atoms. The quantitative estimate of drug-likeness (QED) is 0.0750. The summed E-state index contributed by atoms with van der Waals surface area (Å²) in [5, 5.41) is 12.3. The van der Waals surface area contributed by atoms with Crippen molar-refractivity contribution in [3.05, 3.63) is 105 Å². The summed E-state index contributed by atoms with van der Waals surface area (Å²) in [5.74, 6) is 13.0. The van der Waals surface area contributed by atoms with Gasteiger partial charge in [-0.3, -0.25) is 74.1 Å². The van der Waals surface area contributed by atoms with Crippen LogP contribution in [0.5, 0.6) is 0 Å². The van der Waals surface area contributed by atoms with Crippen molar-refractivity contribution in [1.82, 2.24) is 56.0 Å². The second-order valence-corrected chi connectivity index (χ2v) is 29.7. The number of hydrogen-bond donors (Lipinski definition) is 6. The number of cyclic esters (lactones) is 3. The molecule has 0 spiro atoms. The molecule has 3 unspecified atom stereocenters. The zero-order chi connectivity index (χ0) is 77.7. The molecule has 9 heterocycles. The molecule has 31 nitrogen and oxygen atoms in total. The monoisotopic (exact) mass is 1560 g/mol. The van der Waals surface area contributed by atoms with Gasteiger partial charge >= 0.3 is 30.5 Å². The number of benzene rings is 3. The molecular formula is C76H95BrN12O19. The van der Waals surface area contributed by atoms with E-state index in [2.05, 4.69) is 86.8 Å². The Hall–Kier alpha value is -9.69. The molecule has 9 aliphatic rings. The van der Waals surface area contributed by atoms with Gasteiger partial charge < -0.3 is 54.3 Å². The number of piperidine rings is 3. The molecule has 0 aliphatic carbocycles. The molecule has 0 aromatic heterocycles. The molecule has 3 aromatic rings. The average molecular weight is 1560 g/mol. The molecule has 0 saturated carbocycles. The van der Waals surface area contributed by atoms with E-state index < -0.39 is 95.8 Å². The minimum atomic E-state index is -0.704. The Morgan fingerprint density at radius 1 is 0.519 bits per heavy atom. The molecule has 9 fully saturated rings. The summed E-state index contributed by atoms with van der Waals surface area (Å²) in [5.41, 5.74) is 8.75. The Morgan fingerprint density at radius 2 is 0.870 bits per heavy atom. The van der Waals surface area contributed by atoms with Crippen molar-refractivity contribution in [2.24, 2.45) is 5.73 Å². The molecular weight excluding hydrogens is 1460 g/mol. The summed E-state index contributed by atoms with van der Waals surface area (Å²) in [6, 6.07) is 20.5. The first kappa shape index (κ1) is 82.4. The number of carbonyl (C=O) groups is 11. The summed E-state index contributed by atoms with van der Waals surface area (Å²) in [6.07, 6.45) is 2.82. The number of carbonyl (C=O) groups excluding carboxylic acids is 11. The van der Waals surface area contributed by atoms with Gasteiger partial charge in [-0.05, 0) is 114 Å². The van der Waals surface area contributed by atoms with Gasteiger partial charge in [-0.25, -0.2) is 24.0 Å². The van der Waals surface area contributed by atoms with E-state index in [4.69, 9.17) is 50.1 Å². The number of alkyl carbamates (subject to hydrolysis) is 2. The highest BCUT2D eigenvalue weighted by molar-refractivity contribution is 9.10. The van der Waals surface area contributed by atoms with Crippen LogP contribution in [0.25, 0.3) is 0 Å². The van der Waals surface area contributed by atoms with E-state index in [1.807, 2.05) is 114 Å². The third kappa shape index (κ3) is 25.2. The minimum Gasteiger partial charge on any atom is -0.444 e. The van der Waals surface area contributed by atoms with Crippen LogP contribution in [0.1, 0.15) is 126 Å². The van der Waals surface area contributed by atoms with E-state index in [0.29, 0.717) is 85.0 Å². The Kier molecular flexibility index (Phi) is 29.7. The van der Waals surface area contributed by atoms with Crippen molar-refractivity contribution in [3.63, 3.8) is 0 Å². The molecule has 7 N–H and O–H groups in total. The van der Waals surface area contributed by atoms with E-state index in [1.54, 1.807) is 0 Å². The molecule has 12 rings (SSSR count). The fourth-order valence-electron chi connectivity index (χ4n) is 12.8. The summed E-state index contributed by atoms with van der Waals surface area (Å²) in [7, 11) is 0. The zero-order valence-corrected chi connectivity index (χ0v) is 63.2. The third-order valence-corrected chi connectivity index (χ3v) is 18.6. The van der Waals surface area contributed by atoms with Gasteiger partial charge in [0.05, 0.1) is 77.4 Å². The smallest absolute Gasteiger partial charge is 0.411 e. The highest BCUT2D eigenvalue weighted by Gasteiger charge is 2.45. The van der Waals surface area contributed by atoms with Crippen molar-refractivity contribution in [3.8, 4) is 36.0 Å². The normalized spacial score (nSPS) is 24.8. The van der Waals surface area contributed by atoms with Crippen LogP contribution in [-0.4, -0.2) is 261 Å². The van der Waals surface area contributed by atoms with Crippen molar-refractivity contribution < 1.29 is 90.6 Å². The van der Waals surface area contributed by atoms with Crippen LogP contribution in [0.4, 0.5) is 24.0 Å². The lowest BCUT2D eigenvalue weighted by atomic mass is 10.0. The summed E-state index contributed by atoms with van der Waals surface area (Å²) >= 11 is 3.38. The molecule has 9 saturated heterocycles. The fraction of sp³-hybridized carbons (Fsp3) is 0.539. The van der Waals surface area contributed by atoms with Gasteiger partial charge in [0, 0.05) is 93.8 Å². The Morgan fingerprint density at radius 3 is 1.22 bits per heavy atom. The molecule has 580 valence electrons. The van der Waals surface area contributed by atoms with Crippen LogP contribution in [0.15, 0.2) is 77.3 Å². The van der Waals surface area contributed by atoms with E-state index in [0.717, 1.165) is 65.0 Å². The number of amides is 11. The van der Waals surface area contributed by atoms with Crippen LogP contribution in [0.2, 0.25) is 0 Å². The second kappa shape index (κ2) is 38.9. The first-order valence-corrected chi connectivity index (χ1v) is 36.8. The van der Waals surface area contributed by atoms with Crippen LogP contribution < -0.4 is 32.3 Å². The second-order valence-electron chi connectivity index (χ2n) is 28.8. The minimum absolute atomic E-state index is 0.0281. The van der Waals surface area contributed by atoms with Gasteiger partial charge in [0.2, 0.25) is 35.4 Å². The first-order valence-electron chi connectivity index (χ1n) is 36.0. The third-order valence-electron chi connectivity index (χ3n) is 18.1. The van der Waals surface area contributed by atoms with Gasteiger partial charge in [-0.2, -0.15) is 0 Å². The highest BCUT2D eigenvalue weighted by atomic mass is 79.9. The van der Waals surface area contributed by atoms with Crippen molar-refractivity contribution in [1.29, 1.82) is 0 Å². The lowest BCUT2D eigenvalue weighted by Gasteiger charge is -2.31. The lowest BCUT2D eigenvalue weighted by molar-refractivity contribution is -0.138. The van der Waals surface area contributed by atoms with Gasteiger partial charge in [0.1, 0.15) is 47.6 Å². The maximum absolute atomic E-state index is 12.5. The number of ether oxygens (including phenoxy) is 8. The first-order chi connectivity index (χ1) is 51.5. The number of nitrogens with two attached hydrogens (primary N) is 1. The number of rotatable bonds is 14. The summed E-state index contributed by atoms with van der Waals surface area (Å²) < 4.78 is 44.6. The fourth-order valence-corrected chi connectivity index (χ4v) is 13.2. The van der Waals surface area contributed by atoms with E-state index in [1.165, 1.54) is 14.7 Å². The van der Waals surface area contributed by atoms with Crippen molar-refractivity contribution >= 4 is 81.8 Å². The van der Waals surface area contributed by atoms with Gasteiger partial charge in [0.25, 0.3) is 0 Å². The van der Waals surface area contributed by atoms with Gasteiger partial charge in [-0.1, -0.05) is 81.9 Å². The van der Waals surface area contributed by atoms with Gasteiger partial charge in [-0.15, -0.1) is 6.42 Å². The van der Waals surface area contributed by atoms with E-state index in [9.17, 15) is 52.7 Å². The van der Waals surface area contributed by atoms with Crippen LogP contribution in [0, 0.1) is 36.0 Å². The maximum Gasteiger partial charge on any atom is 0.411 e. The predicted octanol–water partition coefficient (Wildman–Crippen LogP) is 4.15. The number of nitrogens with zero attached hydrogens (tertiary/aromatic N) is 6. The number of halogens is 1. The van der Waals surface area contributed by atoms with Gasteiger partial charge in [0.15, 0.2) is 0 Å². The SMILES string of the molecule is C#CCN1CCO[C@@H](CNC(=O)OC(C)(C)C)C1.CC(C)(C)OC(=O)NC[C@H]1CN(CC#Cc2cccc([C@H]3CN(C4CCC(=O)NC4=O)C(=O)O3)c2)CCO1.NC[C@H]1CN(CC#Cc2cccc([C@H]3CN(C4CCC(=O)NC4=O)C(=O)O3)c2)CCO1.O=C1CCC(N2C[C@H](c3cccc(Br)c3)OC2=O)C(=O)N1. The standard InChI is InChI=1S/C27H34N4O7.C22H26N4O5.C14H13BrN2O4.C13H22N2O3/c1-27(2,3)38-25(34)28-15-20-16-30(12-13-36-20)11-5-7-18-6-4-8-19(14-18)22-17-31(26(35)37-22)21-9-10-23(32)29-24(21)33;23-12-17-13-25(9-10-30-17)8-2-4-15-3-1-5-16(11-15)19-14-26(22(29)31-19)18-6-7-20(27)24-21(18)28;15-9-3-1-2-8(6-9)11-7-17(14(20)21-11)10-4-5-12(18)16-13(10)19;1-5-6-15-7-8-17-11(10-15)9-14-12(16)18-13(2,3)4/h4,6,8,14,20-22H,9-13,15-17H2,1-3H3,(H,28,34)(H,29,32,33);1,3,5,11,17-19H,6-10,12-14,23H2,(H,24,27,28);1-3,6,10-11H,4-5,7H2,(H,16,18,19);1,11H,6-10H2,2-4H3,(H,14,16)/t20-,21?,22+;17-,18?,19+;10?,11-;11-/m0010/s1. The average Bonchev–Trinajstić information content (AvgIpc) is 1.66. The van der Waals surface area contributed by atoms with Crippen LogP contribution >= 0.6 is 15.9 Å². The number of terminal acetylenes is 1. The highest BCUT2D eigenvalue weighted by Crippen LogP contribution is 2.34. The Bertz CT molecular complexity index is 3950. The molecule has 0 radical (unpaired) electrons. The van der Waals surface area contributed by atoms with E-state index >= 15 is 0 Å². The van der Waals surface area contributed by atoms with E-state index in [-0.39, 0.29) is 74.8 Å². The Labute approximate surface area is 636 Å². The number of nitrogens with one attached hydrogen (secondary N) is 5. The van der Waals surface area contributed by atoms with Crippen LogP contribution in [0.3, 0.4) is 0 Å². The lowest BCUT2D eigenvalue weighted by Crippen LogP contribution is -2.52. The predicted molar refractivity (Wildman–Crippen MR) is 392 cm³/mol. The number of hydrogen-bond acceptors (Lipinski definition) is 23. The van der Waals surface area contributed by atoms with Crippen molar-refractivity contribution in [2.45, 2.75) is 146 Å². The number of morpholine rings is 3. The topological polar surface area (TPSA) is 367 Å². The molecule has 9 aliphatic heterocycles.